The van der Waals surface area contributed by atoms with E-state index in [1.165, 1.54) is 24.3 Å². The molecule has 126 valence electrons. The van der Waals surface area contributed by atoms with E-state index in [9.17, 15) is 18.4 Å². The van der Waals surface area contributed by atoms with E-state index in [-0.39, 0.29) is 5.75 Å². The molecule has 0 aliphatic rings. The molecule has 0 bridgehead atoms. The summed E-state index contributed by atoms with van der Waals surface area (Å²) in [6, 6.07) is 11.9. The number of ether oxygens (including phenoxy) is 2. The Kier molecular flexibility index (Phi) is 6.25. The number of benzene rings is 2. The lowest BCUT2D eigenvalue weighted by Crippen LogP contribution is -2.20. The van der Waals surface area contributed by atoms with E-state index in [0.29, 0.717) is 15.7 Å². The molecule has 0 aliphatic heterocycles. The zero-order chi connectivity index (χ0) is 17.5. The molecule has 8 heteroatoms. The minimum atomic E-state index is -2.91. The minimum absolute atomic E-state index is 0.0240. The molecule has 1 amide bonds. The fourth-order valence-electron chi connectivity index (χ4n) is 1.75. The van der Waals surface area contributed by atoms with Crippen molar-refractivity contribution in [1.29, 1.82) is 0 Å². The number of halogens is 3. The van der Waals surface area contributed by atoms with Crippen molar-refractivity contribution in [2.75, 3.05) is 11.9 Å². The van der Waals surface area contributed by atoms with Crippen molar-refractivity contribution in [3.8, 4) is 5.75 Å². The first-order valence-electron chi connectivity index (χ1n) is 6.71. The van der Waals surface area contributed by atoms with Crippen molar-refractivity contribution >= 4 is 33.5 Å². The van der Waals surface area contributed by atoms with Crippen molar-refractivity contribution in [2.24, 2.45) is 0 Å². The first-order chi connectivity index (χ1) is 11.4. The summed E-state index contributed by atoms with van der Waals surface area (Å²) in [6.45, 7) is -3.39. The third kappa shape index (κ3) is 5.62. The number of esters is 1. The van der Waals surface area contributed by atoms with Crippen LogP contribution < -0.4 is 10.1 Å². The highest BCUT2D eigenvalue weighted by atomic mass is 79.9. The molecule has 0 unspecified atom stereocenters. The molecular weight excluding hydrogens is 388 g/mol. The maximum absolute atomic E-state index is 12.0. The Morgan fingerprint density at radius 2 is 1.83 bits per heavy atom. The number of nitrogens with one attached hydrogen (secondary N) is 1. The summed E-state index contributed by atoms with van der Waals surface area (Å²) < 4.78 is 33.9. The molecule has 5 nitrogen and oxygen atoms in total. The summed E-state index contributed by atoms with van der Waals surface area (Å²) in [4.78, 5) is 23.5. The normalized spacial score (nSPS) is 10.3. The highest BCUT2D eigenvalue weighted by molar-refractivity contribution is 9.10. The molecular formula is C16H12BrF2NO4. The smallest absolute Gasteiger partial charge is 0.387 e. The third-order valence-electron chi connectivity index (χ3n) is 2.76. The monoisotopic (exact) mass is 399 g/mol. The lowest BCUT2D eigenvalue weighted by atomic mass is 10.2. The zero-order valence-corrected chi connectivity index (χ0v) is 13.8. The summed E-state index contributed by atoms with van der Waals surface area (Å²) in [5.41, 5.74) is 0.672. The summed E-state index contributed by atoms with van der Waals surface area (Å²) in [6.07, 6.45) is 0. The van der Waals surface area contributed by atoms with Gasteiger partial charge in [-0.1, -0.05) is 22.0 Å². The number of alkyl halides is 2. The maximum Gasteiger partial charge on any atom is 0.387 e. The topological polar surface area (TPSA) is 64.6 Å². The SMILES string of the molecule is O=C(COC(=O)c1cccc(Br)c1)Nc1ccc(OC(F)F)cc1. The number of amides is 1. The van der Waals surface area contributed by atoms with Crippen molar-refractivity contribution in [3.05, 3.63) is 58.6 Å². The first-order valence-corrected chi connectivity index (χ1v) is 7.51. The van der Waals surface area contributed by atoms with Gasteiger partial charge in [0.15, 0.2) is 6.61 Å². The molecule has 0 saturated heterocycles. The van der Waals surface area contributed by atoms with Crippen LogP contribution >= 0.6 is 15.9 Å². The minimum Gasteiger partial charge on any atom is -0.452 e. The molecule has 24 heavy (non-hydrogen) atoms. The number of rotatable bonds is 6. The van der Waals surface area contributed by atoms with Gasteiger partial charge in [0.1, 0.15) is 5.75 Å². The van der Waals surface area contributed by atoms with Crippen LogP contribution in [-0.4, -0.2) is 25.1 Å². The zero-order valence-electron chi connectivity index (χ0n) is 12.2. The lowest BCUT2D eigenvalue weighted by Gasteiger charge is -2.08. The second-order valence-corrected chi connectivity index (χ2v) is 5.45. The Balaban J connectivity index is 1.83. The summed E-state index contributed by atoms with van der Waals surface area (Å²) in [5, 5.41) is 2.47. The van der Waals surface area contributed by atoms with Crippen molar-refractivity contribution < 1.29 is 27.8 Å². The van der Waals surface area contributed by atoms with Gasteiger partial charge in [-0.25, -0.2) is 4.79 Å². The van der Waals surface area contributed by atoms with Crippen LogP contribution in [0.3, 0.4) is 0 Å². The first kappa shape index (κ1) is 17.9. The van der Waals surface area contributed by atoms with Gasteiger partial charge >= 0.3 is 12.6 Å². The Bertz CT molecular complexity index is 722. The van der Waals surface area contributed by atoms with Crippen LogP contribution in [0.2, 0.25) is 0 Å². The summed E-state index contributed by atoms with van der Waals surface area (Å²) in [7, 11) is 0. The Hall–Kier alpha value is -2.48. The second kappa shape index (κ2) is 8.39. The van der Waals surface area contributed by atoms with Gasteiger partial charge in [0, 0.05) is 10.2 Å². The molecule has 0 fully saturated rings. The number of hydrogen-bond donors (Lipinski definition) is 1. The number of hydrogen-bond acceptors (Lipinski definition) is 4. The predicted octanol–water partition coefficient (Wildman–Crippen LogP) is 3.85. The maximum atomic E-state index is 12.0. The fraction of sp³-hybridized carbons (Fsp3) is 0.125. The number of anilines is 1. The van der Waals surface area contributed by atoms with Gasteiger partial charge in [-0.2, -0.15) is 8.78 Å². The summed E-state index contributed by atoms with van der Waals surface area (Å²) in [5.74, 6) is -1.21. The van der Waals surface area contributed by atoms with Crippen LogP contribution in [0.5, 0.6) is 5.75 Å². The van der Waals surface area contributed by atoms with Crippen molar-refractivity contribution in [2.45, 2.75) is 6.61 Å². The molecule has 2 aromatic rings. The molecule has 0 atom stereocenters. The van der Waals surface area contributed by atoms with Crippen LogP contribution in [0.4, 0.5) is 14.5 Å². The van der Waals surface area contributed by atoms with Gasteiger partial charge in [-0.05, 0) is 42.5 Å². The molecule has 0 spiro atoms. The third-order valence-corrected chi connectivity index (χ3v) is 3.25. The van der Waals surface area contributed by atoms with Gasteiger partial charge in [0.25, 0.3) is 5.91 Å². The quantitative estimate of drug-likeness (QED) is 0.749. The molecule has 0 aromatic heterocycles. The van der Waals surface area contributed by atoms with Crippen LogP contribution in [0.1, 0.15) is 10.4 Å². The van der Waals surface area contributed by atoms with Crippen molar-refractivity contribution in [1.82, 2.24) is 0 Å². The largest absolute Gasteiger partial charge is 0.452 e. The van der Waals surface area contributed by atoms with Gasteiger partial charge in [-0.15, -0.1) is 0 Å². The molecule has 0 radical (unpaired) electrons. The van der Waals surface area contributed by atoms with E-state index in [4.69, 9.17) is 4.74 Å². The van der Waals surface area contributed by atoms with E-state index in [1.54, 1.807) is 24.3 Å². The average Bonchev–Trinajstić information content (AvgIpc) is 2.54. The lowest BCUT2D eigenvalue weighted by molar-refractivity contribution is -0.119. The molecule has 0 aliphatic carbocycles. The van der Waals surface area contributed by atoms with Gasteiger partial charge in [-0.3, -0.25) is 4.79 Å². The van der Waals surface area contributed by atoms with Crippen LogP contribution in [0, 0.1) is 0 Å². The van der Waals surface area contributed by atoms with Crippen LogP contribution in [-0.2, 0) is 9.53 Å². The molecule has 2 aromatic carbocycles. The molecule has 0 heterocycles. The van der Waals surface area contributed by atoms with E-state index >= 15 is 0 Å². The molecule has 0 saturated carbocycles. The van der Waals surface area contributed by atoms with Gasteiger partial charge in [0.2, 0.25) is 0 Å². The standard InChI is InChI=1S/C16H12BrF2NO4/c17-11-3-1-2-10(8-11)15(22)23-9-14(21)20-12-4-6-13(7-5-12)24-16(18)19/h1-8,16H,9H2,(H,20,21). The van der Waals surface area contributed by atoms with Gasteiger partial charge < -0.3 is 14.8 Å². The highest BCUT2D eigenvalue weighted by Gasteiger charge is 2.11. The van der Waals surface area contributed by atoms with Gasteiger partial charge in [0.05, 0.1) is 5.56 Å². The number of carbonyl (C=O) groups excluding carboxylic acids is 2. The summed E-state index contributed by atoms with van der Waals surface area (Å²) >= 11 is 3.23. The molecule has 1 N–H and O–H groups in total. The van der Waals surface area contributed by atoms with E-state index in [0.717, 1.165) is 0 Å². The predicted molar refractivity (Wildman–Crippen MR) is 86.1 cm³/mol. The fourth-order valence-corrected chi connectivity index (χ4v) is 2.15. The van der Waals surface area contributed by atoms with E-state index in [2.05, 4.69) is 26.0 Å². The van der Waals surface area contributed by atoms with E-state index < -0.39 is 25.1 Å². The average molecular weight is 400 g/mol. The van der Waals surface area contributed by atoms with Crippen LogP contribution in [0.15, 0.2) is 53.0 Å². The van der Waals surface area contributed by atoms with Crippen molar-refractivity contribution in [3.63, 3.8) is 0 Å². The number of carbonyl (C=O) groups is 2. The Morgan fingerprint density at radius 3 is 2.46 bits per heavy atom. The molecule has 2 rings (SSSR count). The highest BCUT2D eigenvalue weighted by Crippen LogP contribution is 2.17. The van der Waals surface area contributed by atoms with Crippen LogP contribution in [0.25, 0.3) is 0 Å². The van der Waals surface area contributed by atoms with E-state index in [1.807, 2.05) is 0 Å². The Labute approximate surface area is 144 Å². The Morgan fingerprint density at radius 1 is 1.12 bits per heavy atom. The second-order valence-electron chi connectivity index (χ2n) is 4.54.